The summed E-state index contributed by atoms with van der Waals surface area (Å²) in [5.74, 6) is 1.90. The highest BCUT2D eigenvalue weighted by molar-refractivity contribution is 6.19. The zero-order chi connectivity index (χ0) is 33.7. The average molecular weight is 653 g/mol. The fraction of sp³-hybridized carbons (Fsp3) is 0. The molecule has 5 nitrogen and oxygen atoms in total. The van der Waals surface area contributed by atoms with Crippen molar-refractivity contribution in [2.24, 2.45) is 0 Å². The van der Waals surface area contributed by atoms with Crippen LogP contribution in [-0.4, -0.2) is 19.9 Å². The van der Waals surface area contributed by atoms with Crippen molar-refractivity contribution in [3.05, 3.63) is 170 Å². The summed E-state index contributed by atoms with van der Waals surface area (Å²) in [7, 11) is 0. The fourth-order valence-electron chi connectivity index (χ4n) is 7.14. The average Bonchev–Trinajstić information content (AvgIpc) is 3.57. The van der Waals surface area contributed by atoms with Crippen molar-refractivity contribution in [2.75, 3.05) is 0 Å². The molecule has 0 saturated heterocycles. The van der Waals surface area contributed by atoms with Crippen LogP contribution in [-0.2, 0) is 0 Å². The summed E-state index contributed by atoms with van der Waals surface area (Å²) in [6, 6.07) is 56.3. The standard InChI is InChI=1S/C46H28N4O/c1-4-13-29(14-5-1)33-26-38(43-39-25-32-19-12-24-47-40(32)28-41(39)51-42(43)27-33)36-22-23-37(35-21-11-10-20-34(35)36)46-49-44(30-15-6-2-7-16-30)48-45(50-46)31-17-8-3-9-18-31/h1-28H. The number of nitrogens with zero attached hydrogens (tertiary/aromatic N) is 4. The second kappa shape index (κ2) is 11.9. The minimum absolute atomic E-state index is 0.626. The lowest BCUT2D eigenvalue weighted by Crippen LogP contribution is -2.00. The van der Waals surface area contributed by atoms with Crippen LogP contribution in [0.4, 0.5) is 0 Å². The van der Waals surface area contributed by atoms with Crippen molar-refractivity contribution >= 4 is 43.6 Å². The molecule has 0 spiro atoms. The van der Waals surface area contributed by atoms with Crippen molar-refractivity contribution in [1.29, 1.82) is 0 Å². The Balaban J connectivity index is 1.24. The summed E-state index contributed by atoms with van der Waals surface area (Å²) in [5.41, 5.74) is 9.79. The molecule has 7 aromatic carbocycles. The van der Waals surface area contributed by atoms with Gasteiger partial charge in [0.25, 0.3) is 0 Å². The van der Waals surface area contributed by atoms with Gasteiger partial charge in [-0.15, -0.1) is 0 Å². The first-order chi connectivity index (χ1) is 25.3. The first-order valence-electron chi connectivity index (χ1n) is 17.0. The SMILES string of the molecule is c1ccc(-c2cc(-c3ccc(-c4nc(-c5ccccc5)nc(-c5ccccc5)n4)c4ccccc34)c3c(c2)oc2cc4ncccc4cc23)cc1. The number of aromatic nitrogens is 4. The van der Waals surface area contributed by atoms with Crippen molar-refractivity contribution in [1.82, 2.24) is 19.9 Å². The molecule has 3 aromatic heterocycles. The number of fused-ring (bicyclic) bond motifs is 5. The first-order valence-corrected chi connectivity index (χ1v) is 17.0. The molecule has 0 atom stereocenters. The van der Waals surface area contributed by atoms with Crippen molar-refractivity contribution in [3.63, 3.8) is 0 Å². The largest absolute Gasteiger partial charge is 0.456 e. The molecule has 51 heavy (non-hydrogen) atoms. The number of hydrogen-bond acceptors (Lipinski definition) is 5. The minimum Gasteiger partial charge on any atom is -0.456 e. The van der Waals surface area contributed by atoms with Gasteiger partial charge in [0.2, 0.25) is 0 Å². The molecule has 0 radical (unpaired) electrons. The molecule has 238 valence electrons. The molecular formula is C46H28N4O. The zero-order valence-corrected chi connectivity index (χ0v) is 27.4. The Morgan fingerprint density at radius 2 is 0.961 bits per heavy atom. The molecule has 0 aliphatic rings. The molecule has 0 bridgehead atoms. The van der Waals surface area contributed by atoms with E-state index < -0.39 is 0 Å². The molecular weight excluding hydrogens is 625 g/mol. The van der Waals surface area contributed by atoms with Gasteiger partial charge in [-0.25, -0.2) is 15.0 Å². The normalized spacial score (nSPS) is 11.5. The molecule has 3 heterocycles. The molecule has 0 fully saturated rings. The van der Waals surface area contributed by atoms with E-state index in [2.05, 4.69) is 89.9 Å². The second-order valence-electron chi connectivity index (χ2n) is 12.7. The van der Waals surface area contributed by atoms with E-state index in [1.807, 2.05) is 85.1 Å². The van der Waals surface area contributed by atoms with Gasteiger partial charge in [-0.3, -0.25) is 4.98 Å². The van der Waals surface area contributed by atoms with Crippen LogP contribution in [0.1, 0.15) is 0 Å². The number of pyridine rings is 1. The Labute approximate surface area is 293 Å². The van der Waals surface area contributed by atoms with E-state index in [4.69, 9.17) is 19.4 Å². The zero-order valence-electron chi connectivity index (χ0n) is 27.4. The van der Waals surface area contributed by atoms with Crippen LogP contribution in [0, 0.1) is 0 Å². The van der Waals surface area contributed by atoms with Crippen LogP contribution in [0.2, 0.25) is 0 Å². The van der Waals surface area contributed by atoms with Gasteiger partial charge >= 0.3 is 0 Å². The van der Waals surface area contributed by atoms with E-state index >= 15 is 0 Å². The lowest BCUT2D eigenvalue weighted by atomic mass is 9.90. The van der Waals surface area contributed by atoms with Crippen LogP contribution in [0.3, 0.4) is 0 Å². The predicted molar refractivity (Wildman–Crippen MR) is 207 cm³/mol. The van der Waals surface area contributed by atoms with Gasteiger partial charge in [0.05, 0.1) is 5.52 Å². The lowest BCUT2D eigenvalue weighted by molar-refractivity contribution is 0.669. The third-order valence-corrected chi connectivity index (χ3v) is 9.56. The summed E-state index contributed by atoms with van der Waals surface area (Å²) in [4.78, 5) is 19.7. The molecule has 0 unspecified atom stereocenters. The van der Waals surface area contributed by atoms with Gasteiger partial charge < -0.3 is 4.42 Å². The third-order valence-electron chi connectivity index (χ3n) is 9.56. The van der Waals surface area contributed by atoms with Crippen LogP contribution in [0.15, 0.2) is 174 Å². The summed E-state index contributed by atoms with van der Waals surface area (Å²) in [6.45, 7) is 0. The number of rotatable bonds is 5. The molecule has 0 aliphatic heterocycles. The molecule has 0 N–H and O–H groups in total. The number of furan rings is 1. The molecule has 0 saturated carbocycles. The van der Waals surface area contributed by atoms with Gasteiger partial charge in [0.1, 0.15) is 11.2 Å². The first kappa shape index (κ1) is 29.0. The highest BCUT2D eigenvalue weighted by Gasteiger charge is 2.20. The Kier molecular flexibility index (Phi) is 6.74. The Morgan fingerprint density at radius 1 is 0.373 bits per heavy atom. The monoisotopic (exact) mass is 652 g/mol. The van der Waals surface area contributed by atoms with E-state index in [0.717, 1.165) is 82.6 Å². The van der Waals surface area contributed by atoms with Crippen LogP contribution in [0.5, 0.6) is 0 Å². The lowest BCUT2D eigenvalue weighted by Gasteiger charge is -2.15. The van der Waals surface area contributed by atoms with Crippen molar-refractivity contribution in [2.45, 2.75) is 0 Å². The second-order valence-corrected chi connectivity index (χ2v) is 12.7. The maximum Gasteiger partial charge on any atom is 0.164 e. The van der Waals surface area contributed by atoms with Gasteiger partial charge in [-0.05, 0) is 63.4 Å². The third kappa shape index (κ3) is 5.03. The van der Waals surface area contributed by atoms with Crippen molar-refractivity contribution < 1.29 is 4.42 Å². The molecule has 0 aliphatic carbocycles. The summed E-state index contributed by atoms with van der Waals surface area (Å²) in [5, 5.41) is 5.36. The van der Waals surface area contributed by atoms with Gasteiger partial charge in [0.15, 0.2) is 17.5 Å². The topological polar surface area (TPSA) is 64.7 Å². The Hall–Kier alpha value is -6.98. The van der Waals surface area contributed by atoms with E-state index in [9.17, 15) is 0 Å². The Bertz CT molecular complexity index is 2840. The highest BCUT2D eigenvalue weighted by atomic mass is 16.3. The van der Waals surface area contributed by atoms with Gasteiger partial charge in [0, 0.05) is 45.1 Å². The Morgan fingerprint density at radius 3 is 1.65 bits per heavy atom. The van der Waals surface area contributed by atoms with Crippen LogP contribution >= 0.6 is 0 Å². The minimum atomic E-state index is 0.626. The maximum atomic E-state index is 6.63. The van der Waals surface area contributed by atoms with Gasteiger partial charge in [-0.2, -0.15) is 0 Å². The quantitative estimate of drug-likeness (QED) is 0.185. The summed E-state index contributed by atoms with van der Waals surface area (Å²) < 4.78 is 6.63. The van der Waals surface area contributed by atoms with Crippen LogP contribution < -0.4 is 0 Å². The van der Waals surface area contributed by atoms with E-state index in [1.54, 1.807) is 0 Å². The highest BCUT2D eigenvalue weighted by Crippen LogP contribution is 2.44. The summed E-state index contributed by atoms with van der Waals surface area (Å²) >= 11 is 0. The van der Waals surface area contributed by atoms with Crippen LogP contribution in [0.25, 0.3) is 100 Å². The predicted octanol–water partition coefficient (Wildman–Crippen LogP) is 11.8. The van der Waals surface area contributed by atoms with Crippen molar-refractivity contribution in [3.8, 4) is 56.4 Å². The van der Waals surface area contributed by atoms with E-state index in [1.165, 1.54) is 0 Å². The van der Waals surface area contributed by atoms with Gasteiger partial charge in [-0.1, -0.05) is 127 Å². The fourth-order valence-corrected chi connectivity index (χ4v) is 7.14. The number of benzene rings is 7. The van der Waals surface area contributed by atoms with E-state index in [-0.39, 0.29) is 0 Å². The molecule has 10 aromatic rings. The van der Waals surface area contributed by atoms with E-state index in [0.29, 0.717) is 17.5 Å². The number of hydrogen-bond donors (Lipinski definition) is 0. The molecule has 5 heteroatoms. The smallest absolute Gasteiger partial charge is 0.164 e. The maximum absolute atomic E-state index is 6.63. The molecule has 0 amide bonds. The summed E-state index contributed by atoms with van der Waals surface area (Å²) in [6.07, 6.45) is 1.82. The molecule has 10 rings (SSSR count).